The Morgan fingerprint density at radius 1 is 0.721 bits per heavy atom. The molecule has 0 aliphatic carbocycles. The molecule has 1 aromatic heterocycles. The van der Waals surface area contributed by atoms with Crippen LogP contribution in [0.5, 0.6) is 0 Å². The number of hydrogen-bond donors (Lipinski definition) is 2. The fourth-order valence-electron chi connectivity index (χ4n) is 5.59. The number of amides is 3. The first kappa shape index (κ1) is 28.8. The van der Waals surface area contributed by atoms with Gasteiger partial charge in [0.05, 0.1) is 13.2 Å². The van der Waals surface area contributed by atoms with Crippen molar-refractivity contribution < 1.29 is 14.3 Å². The van der Waals surface area contributed by atoms with Crippen LogP contribution >= 0.6 is 0 Å². The number of morpholine rings is 1. The van der Waals surface area contributed by atoms with Crippen LogP contribution in [0, 0.1) is 0 Å². The van der Waals surface area contributed by atoms with Crippen molar-refractivity contribution >= 4 is 35.2 Å². The minimum Gasteiger partial charge on any atom is -0.378 e. The molecule has 12 nitrogen and oxygen atoms in total. The summed E-state index contributed by atoms with van der Waals surface area (Å²) in [4.78, 5) is 48.6. The SMILES string of the molecule is CCN1CCN(C(=O)c2ccc(NC(=O)Nc3ccc(-c4nc(N5CCCC5)nc(N5CCOCC5)n4)cc3)cc2)CC1. The molecular weight excluding hydrogens is 546 g/mol. The largest absolute Gasteiger partial charge is 0.378 e. The van der Waals surface area contributed by atoms with Gasteiger partial charge in [0.15, 0.2) is 5.82 Å². The lowest BCUT2D eigenvalue weighted by Gasteiger charge is -2.34. The second-order valence-corrected chi connectivity index (χ2v) is 11.0. The highest BCUT2D eigenvalue weighted by atomic mass is 16.5. The molecule has 2 N–H and O–H groups in total. The lowest BCUT2D eigenvalue weighted by Crippen LogP contribution is -2.48. The third kappa shape index (κ3) is 7.03. The molecule has 3 aromatic rings. The van der Waals surface area contributed by atoms with Gasteiger partial charge in [0.1, 0.15) is 0 Å². The molecule has 0 unspecified atom stereocenters. The van der Waals surface area contributed by atoms with Gasteiger partial charge in [0.2, 0.25) is 11.9 Å². The molecule has 3 aliphatic rings. The number of carbonyl (C=O) groups is 2. The third-order valence-electron chi connectivity index (χ3n) is 8.19. The number of nitrogens with one attached hydrogen (secondary N) is 2. The summed E-state index contributed by atoms with van der Waals surface area (Å²) in [7, 11) is 0. The Bertz CT molecular complexity index is 1400. The number of hydrogen-bond acceptors (Lipinski definition) is 9. The van der Waals surface area contributed by atoms with Gasteiger partial charge in [-0.2, -0.15) is 15.0 Å². The van der Waals surface area contributed by atoms with Crippen molar-refractivity contribution in [1.29, 1.82) is 0 Å². The number of ether oxygens (including phenoxy) is 1. The average molecular weight is 586 g/mol. The van der Waals surface area contributed by atoms with Crippen LogP contribution < -0.4 is 20.4 Å². The van der Waals surface area contributed by atoms with E-state index in [2.05, 4.69) is 32.3 Å². The number of nitrogens with zero attached hydrogens (tertiary/aromatic N) is 7. The van der Waals surface area contributed by atoms with Crippen LogP contribution in [-0.4, -0.2) is 109 Å². The maximum absolute atomic E-state index is 12.9. The Morgan fingerprint density at radius 3 is 1.86 bits per heavy atom. The molecule has 3 aliphatic heterocycles. The quantitative estimate of drug-likeness (QED) is 0.430. The van der Waals surface area contributed by atoms with Crippen LogP contribution in [0.2, 0.25) is 0 Å². The van der Waals surface area contributed by atoms with Crippen molar-refractivity contribution in [3.8, 4) is 11.4 Å². The molecule has 0 bridgehead atoms. The van der Waals surface area contributed by atoms with Gasteiger partial charge >= 0.3 is 6.03 Å². The van der Waals surface area contributed by atoms with E-state index in [0.717, 1.165) is 77.3 Å². The number of anilines is 4. The van der Waals surface area contributed by atoms with E-state index in [-0.39, 0.29) is 11.9 Å². The molecule has 43 heavy (non-hydrogen) atoms. The number of piperazine rings is 1. The molecular formula is C31H39N9O3. The molecule has 2 aromatic carbocycles. The number of rotatable bonds is 7. The molecule has 12 heteroatoms. The summed E-state index contributed by atoms with van der Waals surface area (Å²) < 4.78 is 5.51. The molecule has 4 heterocycles. The third-order valence-corrected chi connectivity index (χ3v) is 8.19. The minimum atomic E-state index is -0.367. The Hall–Kier alpha value is -4.29. The van der Waals surface area contributed by atoms with Gasteiger partial charge < -0.3 is 35.0 Å². The minimum absolute atomic E-state index is 0.0228. The predicted molar refractivity (Wildman–Crippen MR) is 167 cm³/mol. The van der Waals surface area contributed by atoms with Gasteiger partial charge in [-0.15, -0.1) is 0 Å². The first-order valence-electron chi connectivity index (χ1n) is 15.2. The number of urea groups is 1. The molecule has 3 fully saturated rings. The monoisotopic (exact) mass is 585 g/mol. The van der Waals surface area contributed by atoms with Crippen LogP contribution in [0.15, 0.2) is 48.5 Å². The first-order chi connectivity index (χ1) is 21.1. The maximum atomic E-state index is 12.9. The molecule has 0 atom stereocenters. The van der Waals surface area contributed by atoms with E-state index >= 15 is 0 Å². The summed E-state index contributed by atoms with van der Waals surface area (Å²) in [5.74, 6) is 2.01. The van der Waals surface area contributed by atoms with Crippen molar-refractivity contribution in [1.82, 2.24) is 24.8 Å². The van der Waals surface area contributed by atoms with Crippen molar-refractivity contribution in [2.75, 3.05) is 92.5 Å². The molecule has 0 radical (unpaired) electrons. The van der Waals surface area contributed by atoms with Crippen molar-refractivity contribution in [3.05, 3.63) is 54.1 Å². The zero-order valence-corrected chi connectivity index (χ0v) is 24.7. The zero-order valence-electron chi connectivity index (χ0n) is 24.7. The van der Waals surface area contributed by atoms with Gasteiger partial charge in [-0.1, -0.05) is 6.92 Å². The summed E-state index contributed by atoms with van der Waals surface area (Å²) in [5, 5.41) is 5.72. The smallest absolute Gasteiger partial charge is 0.323 e. The van der Waals surface area contributed by atoms with E-state index in [9.17, 15) is 9.59 Å². The summed E-state index contributed by atoms with van der Waals surface area (Å²) in [6, 6.07) is 14.1. The lowest BCUT2D eigenvalue weighted by molar-refractivity contribution is 0.0643. The first-order valence-corrected chi connectivity index (χ1v) is 15.2. The van der Waals surface area contributed by atoms with Gasteiger partial charge in [0, 0.05) is 74.9 Å². The summed E-state index contributed by atoms with van der Waals surface area (Å²) in [5.41, 5.74) is 2.72. The van der Waals surface area contributed by atoms with E-state index < -0.39 is 0 Å². The molecule has 0 saturated carbocycles. The normalized spacial score (nSPS) is 17.7. The van der Waals surface area contributed by atoms with Crippen LogP contribution in [0.1, 0.15) is 30.1 Å². The van der Waals surface area contributed by atoms with Gasteiger partial charge in [-0.25, -0.2) is 4.79 Å². The molecule has 3 saturated heterocycles. The average Bonchev–Trinajstić information content (AvgIpc) is 3.61. The highest BCUT2D eigenvalue weighted by molar-refractivity contribution is 6.00. The Labute approximate surface area is 252 Å². The number of carbonyl (C=O) groups excluding carboxylic acids is 2. The second-order valence-electron chi connectivity index (χ2n) is 11.0. The van der Waals surface area contributed by atoms with Crippen LogP contribution in [-0.2, 0) is 4.74 Å². The highest BCUT2D eigenvalue weighted by Gasteiger charge is 2.23. The van der Waals surface area contributed by atoms with E-state index in [1.54, 1.807) is 24.3 Å². The Morgan fingerprint density at radius 2 is 1.28 bits per heavy atom. The van der Waals surface area contributed by atoms with Gasteiger partial charge in [-0.3, -0.25) is 4.79 Å². The van der Waals surface area contributed by atoms with Crippen molar-refractivity contribution in [2.24, 2.45) is 0 Å². The Kier molecular flexibility index (Phi) is 8.94. The van der Waals surface area contributed by atoms with E-state index in [0.29, 0.717) is 47.9 Å². The maximum Gasteiger partial charge on any atom is 0.323 e. The van der Waals surface area contributed by atoms with Crippen molar-refractivity contribution in [3.63, 3.8) is 0 Å². The summed E-state index contributed by atoms with van der Waals surface area (Å²) in [6.07, 6.45) is 2.27. The van der Waals surface area contributed by atoms with Crippen LogP contribution in [0.3, 0.4) is 0 Å². The van der Waals surface area contributed by atoms with Gasteiger partial charge in [0.25, 0.3) is 5.91 Å². The zero-order chi connectivity index (χ0) is 29.6. The molecule has 226 valence electrons. The standard InChI is InChI=1S/C31H39N9O3/c1-2-37-15-17-38(18-16-37)28(41)24-7-11-26(12-8-24)33-31(42)32-25-9-5-23(6-10-25)27-34-29(39-13-3-4-14-39)36-30(35-27)40-19-21-43-22-20-40/h5-12H,2-4,13-22H2,1H3,(H2,32,33,42). The van der Waals surface area contributed by atoms with Gasteiger partial charge in [-0.05, 0) is 67.9 Å². The lowest BCUT2D eigenvalue weighted by atomic mass is 10.1. The van der Waals surface area contributed by atoms with E-state index in [1.165, 1.54) is 0 Å². The Balaban J connectivity index is 1.08. The molecule has 6 rings (SSSR count). The predicted octanol–water partition coefficient (Wildman–Crippen LogP) is 3.40. The summed E-state index contributed by atoms with van der Waals surface area (Å²) in [6.45, 7) is 11.1. The number of aromatic nitrogens is 3. The summed E-state index contributed by atoms with van der Waals surface area (Å²) >= 11 is 0. The number of benzene rings is 2. The second kappa shape index (κ2) is 13.3. The van der Waals surface area contributed by atoms with E-state index in [1.807, 2.05) is 29.2 Å². The number of likely N-dealkylation sites (N-methyl/N-ethyl adjacent to an activating group) is 1. The fourth-order valence-corrected chi connectivity index (χ4v) is 5.59. The topological polar surface area (TPSA) is 119 Å². The molecule has 0 spiro atoms. The molecule has 3 amide bonds. The van der Waals surface area contributed by atoms with Crippen LogP contribution in [0.25, 0.3) is 11.4 Å². The van der Waals surface area contributed by atoms with E-state index in [4.69, 9.17) is 19.7 Å². The van der Waals surface area contributed by atoms with Crippen LogP contribution in [0.4, 0.5) is 28.1 Å². The van der Waals surface area contributed by atoms with Crippen molar-refractivity contribution in [2.45, 2.75) is 19.8 Å². The fraction of sp³-hybridized carbons (Fsp3) is 0.452. The highest BCUT2D eigenvalue weighted by Crippen LogP contribution is 2.25.